The molecular weight excluding hydrogens is 253 g/mol. The van der Waals surface area contributed by atoms with Gasteiger partial charge in [-0.1, -0.05) is 15.9 Å². The number of hydrogen-bond donors (Lipinski definition) is 1. The summed E-state index contributed by atoms with van der Waals surface area (Å²) in [5.41, 5.74) is 6.60. The third-order valence-electron chi connectivity index (χ3n) is 1.82. The molecule has 2 N–H and O–H groups in total. The van der Waals surface area contributed by atoms with Crippen molar-refractivity contribution < 1.29 is 4.39 Å². The Kier molecular flexibility index (Phi) is 2.26. The number of halogens is 2. The summed E-state index contributed by atoms with van der Waals surface area (Å²) in [6.07, 6.45) is 0. The lowest BCUT2D eigenvalue weighted by atomic mass is 10.2. The van der Waals surface area contributed by atoms with Gasteiger partial charge in [0.05, 0.1) is 5.00 Å². The van der Waals surface area contributed by atoms with Crippen LogP contribution in [0.4, 0.5) is 9.39 Å². The van der Waals surface area contributed by atoms with Crippen molar-refractivity contribution in [2.24, 2.45) is 0 Å². The number of rotatable bonds is 1. The minimum Gasteiger partial charge on any atom is -0.391 e. The Hall–Kier alpha value is -0.610. The van der Waals surface area contributed by atoms with E-state index in [2.05, 4.69) is 15.9 Å². The lowest BCUT2D eigenvalue weighted by Gasteiger charge is -1.97. The Bertz CT molecular complexity index is 452. The molecule has 0 saturated heterocycles. The monoisotopic (exact) mass is 259 g/mol. The summed E-state index contributed by atoms with van der Waals surface area (Å²) < 4.78 is 14.1. The highest BCUT2D eigenvalue weighted by atomic mass is 79.9. The molecule has 0 spiro atoms. The molecular formula is C9H7BrFNS. The van der Waals surface area contributed by atoms with Crippen molar-refractivity contribution in [2.45, 2.75) is 5.33 Å². The largest absolute Gasteiger partial charge is 0.391 e. The first-order valence-electron chi connectivity index (χ1n) is 3.74. The molecule has 0 aliphatic carbocycles. The molecule has 0 amide bonds. The van der Waals surface area contributed by atoms with Gasteiger partial charge in [0, 0.05) is 10.0 Å². The first kappa shape index (κ1) is 8.97. The van der Waals surface area contributed by atoms with E-state index in [0.717, 1.165) is 20.7 Å². The summed E-state index contributed by atoms with van der Waals surface area (Å²) in [7, 11) is 0. The second kappa shape index (κ2) is 3.27. The van der Waals surface area contributed by atoms with E-state index in [1.807, 2.05) is 0 Å². The maximum absolute atomic E-state index is 13.0. The van der Waals surface area contributed by atoms with E-state index in [1.165, 1.54) is 23.5 Å². The van der Waals surface area contributed by atoms with Crippen LogP contribution >= 0.6 is 27.3 Å². The van der Waals surface area contributed by atoms with Crippen LogP contribution in [-0.4, -0.2) is 0 Å². The van der Waals surface area contributed by atoms with Crippen LogP contribution < -0.4 is 5.73 Å². The minimum absolute atomic E-state index is 0.209. The van der Waals surface area contributed by atoms with Crippen molar-refractivity contribution in [1.82, 2.24) is 0 Å². The topological polar surface area (TPSA) is 26.0 Å². The fourth-order valence-electron chi connectivity index (χ4n) is 1.30. The molecule has 1 aromatic heterocycles. The molecule has 0 unspecified atom stereocenters. The normalized spacial score (nSPS) is 10.9. The molecule has 0 bridgehead atoms. The summed E-state index contributed by atoms with van der Waals surface area (Å²) in [6, 6.07) is 4.84. The molecule has 0 aliphatic heterocycles. The van der Waals surface area contributed by atoms with Crippen molar-refractivity contribution >= 4 is 42.4 Å². The zero-order valence-electron chi connectivity index (χ0n) is 6.68. The highest BCUT2D eigenvalue weighted by Gasteiger charge is 2.06. The SMILES string of the molecule is Nc1cc2cc(F)cc(CBr)c2s1. The average Bonchev–Trinajstić information content (AvgIpc) is 2.43. The van der Waals surface area contributed by atoms with Gasteiger partial charge in [0.25, 0.3) is 0 Å². The van der Waals surface area contributed by atoms with Crippen LogP contribution in [0.5, 0.6) is 0 Å². The first-order chi connectivity index (χ1) is 6.20. The van der Waals surface area contributed by atoms with E-state index in [0.29, 0.717) is 5.33 Å². The van der Waals surface area contributed by atoms with Gasteiger partial charge in [0.1, 0.15) is 5.82 Å². The van der Waals surface area contributed by atoms with Gasteiger partial charge in [0.15, 0.2) is 0 Å². The van der Waals surface area contributed by atoms with Crippen LogP contribution in [0.3, 0.4) is 0 Å². The van der Waals surface area contributed by atoms with Crippen LogP contribution in [0.15, 0.2) is 18.2 Å². The molecule has 0 aliphatic rings. The van der Waals surface area contributed by atoms with Crippen molar-refractivity contribution in [3.8, 4) is 0 Å². The molecule has 68 valence electrons. The summed E-state index contributed by atoms with van der Waals surface area (Å²) in [4.78, 5) is 0. The van der Waals surface area contributed by atoms with Crippen LogP contribution in [0.25, 0.3) is 10.1 Å². The van der Waals surface area contributed by atoms with Crippen LogP contribution in [0, 0.1) is 5.82 Å². The van der Waals surface area contributed by atoms with Crippen molar-refractivity contribution in [1.29, 1.82) is 0 Å². The Morgan fingerprint density at radius 3 is 2.85 bits per heavy atom. The van der Waals surface area contributed by atoms with Crippen molar-refractivity contribution in [3.63, 3.8) is 0 Å². The maximum Gasteiger partial charge on any atom is 0.124 e. The van der Waals surface area contributed by atoms with Crippen molar-refractivity contribution in [2.75, 3.05) is 5.73 Å². The van der Waals surface area contributed by atoms with Gasteiger partial charge in [-0.05, 0) is 29.1 Å². The van der Waals surface area contributed by atoms with Gasteiger partial charge < -0.3 is 5.73 Å². The minimum atomic E-state index is -0.209. The molecule has 13 heavy (non-hydrogen) atoms. The first-order valence-corrected chi connectivity index (χ1v) is 5.68. The van der Waals surface area contributed by atoms with E-state index < -0.39 is 0 Å². The third-order valence-corrected chi connectivity index (χ3v) is 3.48. The molecule has 0 saturated carbocycles. The third kappa shape index (κ3) is 1.56. The highest BCUT2D eigenvalue weighted by molar-refractivity contribution is 9.08. The van der Waals surface area contributed by atoms with Gasteiger partial charge in [-0.15, -0.1) is 11.3 Å². The van der Waals surface area contributed by atoms with E-state index in [1.54, 1.807) is 6.07 Å². The molecule has 1 aromatic carbocycles. The molecule has 1 nitrogen and oxygen atoms in total. The molecule has 4 heteroatoms. The molecule has 0 atom stereocenters. The fourth-order valence-corrected chi connectivity index (χ4v) is 2.85. The van der Waals surface area contributed by atoms with Crippen LogP contribution in [-0.2, 0) is 5.33 Å². The van der Waals surface area contributed by atoms with Gasteiger partial charge in [-0.25, -0.2) is 4.39 Å². The molecule has 2 aromatic rings. The van der Waals surface area contributed by atoms with E-state index in [9.17, 15) is 4.39 Å². The predicted octanol–water partition coefficient (Wildman–Crippen LogP) is 3.52. The standard InChI is InChI=1S/C9H7BrFNS/c10-4-6-2-7(11)1-5-3-8(12)13-9(5)6/h1-3H,4,12H2. The Labute approximate surface area is 87.5 Å². The lowest BCUT2D eigenvalue weighted by molar-refractivity contribution is 0.628. The van der Waals surface area contributed by atoms with E-state index in [4.69, 9.17) is 5.73 Å². The summed E-state index contributed by atoms with van der Waals surface area (Å²) in [5.74, 6) is -0.209. The number of hydrogen-bond acceptors (Lipinski definition) is 2. The molecule has 0 fully saturated rings. The number of thiophene rings is 1. The van der Waals surface area contributed by atoms with Gasteiger partial charge >= 0.3 is 0 Å². The molecule has 1 heterocycles. The predicted molar refractivity (Wildman–Crippen MR) is 58.8 cm³/mol. The number of nitrogens with two attached hydrogens (primary N) is 1. The van der Waals surface area contributed by atoms with Gasteiger partial charge in [0.2, 0.25) is 0 Å². The summed E-state index contributed by atoms with van der Waals surface area (Å²) in [5, 5.41) is 2.26. The maximum atomic E-state index is 13.0. The van der Waals surface area contributed by atoms with Crippen molar-refractivity contribution in [3.05, 3.63) is 29.6 Å². The zero-order chi connectivity index (χ0) is 9.42. The lowest BCUT2D eigenvalue weighted by Crippen LogP contribution is -1.80. The second-order valence-electron chi connectivity index (χ2n) is 2.77. The fraction of sp³-hybridized carbons (Fsp3) is 0.111. The molecule has 2 rings (SSSR count). The number of benzene rings is 1. The number of anilines is 1. The zero-order valence-corrected chi connectivity index (χ0v) is 9.08. The van der Waals surface area contributed by atoms with Gasteiger partial charge in [-0.3, -0.25) is 0 Å². The Morgan fingerprint density at radius 1 is 1.38 bits per heavy atom. The van der Waals surface area contributed by atoms with E-state index >= 15 is 0 Å². The number of fused-ring (bicyclic) bond motifs is 1. The number of alkyl halides is 1. The quantitative estimate of drug-likeness (QED) is 0.780. The Balaban J connectivity index is 2.80. The van der Waals surface area contributed by atoms with Crippen LogP contribution in [0.2, 0.25) is 0 Å². The smallest absolute Gasteiger partial charge is 0.124 e. The average molecular weight is 260 g/mol. The number of nitrogen functional groups attached to an aromatic ring is 1. The van der Waals surface area contributed by atoms with Crippen LogP contribution in [0.1, 0.15) is 5.56 Å². The second-order valence-corrected chi connectivity index (χ2v) is 4.41. The van der Waals surface area contributed by atoms with Gasteiger partial charge in [-0.2, -0.15) is 0 Å². The summed E-state index contributed by atoms with van der Waals surface area (Å²) in [6.45, 7) is 0. The molecule has 0 radical (unpaired) electrons. The summed E-state index contributed by atoms with van der Waals surface area (Å²) >= 11 is 4.81. The highest BCUT2D eigenvalue weighted by Crippen LogP contribution is 2.32. The Morgan fingerprint density at radius 2 is 2.15 bits per heavy atom. The van der Waals surface area contributed by atoms with E-state index in [-0.39, 0.29) is 5.82 Å².